The summed E-state index contributed by atoms with van der Waals surface area (Å²) in [6.07, 6.45) is 3.43. The van der Waals surface area contributed by atoms with Crippen LogP contribution in [-0.2, 0) is 11.2 Å². The number of carbonyl (C=O) groups is 2. The third-order valence-electron chi connectivity index (χ3n) is 5.18. The van der Waals surface area contributed by atoms with Gasteiger partial charge in [0.15, 0.2) is 0 Å². The number of hydrogen-bond donors (Lipinski definition) is 2. The minimum absolute atomic E-state index is 0.250. The zero-order chi connectivity index (χ0) is 22.9. The second-order valence-electron chi connectivity index (χ2n) is 8.15. The molecule has 32 heavy (non-hydrogen) atoms. The van der Waals surface area contributed by atoms with Crippen LogP contribution in [0.3, 0.4) is 0 Å². The zero-order valence-electron chi connectivity index (χ0n) is 18.9. The number of benzene rings is 2. The molecule has 0 fully saturated rings. The molecule has 2 aromatic carbocycles. The van der Waals surface area contributed by atoms with Crippen molar-refractivity contribution in [2.24, 2.45) is 0 Å². The van der Waals surface area contributed by atoms with Crippen molar-refractivity contribution >= 4 is 29.2 Å². The Hall–Kier alpha value is -3.18. The van der Waals surface area contributed by atoms with Crippen LogP contribution in [0.4, 0.5) is 0 Å². The van der Waals surface area contributed by atoms with E-state index in [-0.39, 0.29) is 17.5 Å². The average Bonchev–Trinajstić information content (AvgIpc) is 3.29. The van der Waals surface area contributed by atoms with E-state index in [1.54, 1.807) is 18.2 Å². The monoisotopic (exact) mass is 446 g/mol. The minimum Gasteiger partial charge on any atom is -0.351 e. The molecule has 0 aliphatic carbocycles. The predicted molar refractivity (Wildman–Crippen MR) is 133 cm³/mol. The third kappa shape index (κ3) is 6.92. The predicted octanol–water partition coefficient (Wildman–Crippen LogP) is 5.70. The number of amides is 2. The van der Waals surface area contributed by atoms with E-state index in [2.05, 4.69) is 48.7 Å². The number of aryl methyl sites for hydroxylation is 2. The highest BCUT2D eigenvalue weighted by Crippen LogP contribution is 2.16. The van der Waals surface area contributed by atoms with Gasteiger partial charge in [-0.1, -0.05) is 61.9 Å². The van der Waals surface area contributed by atoms with E-state index in [4.69, 9.17) is 0 Å². The molecule has 0 radical (unpaired) electrons. The van der Waals surface area contributed by atoms with Gasteiger partial charge in [0.05, 0.1) is 0 Å². The SMILES string of the molecule is Cc1cccc(C(=O)N/C(=C\c2cccs2)C(=O)NCCCc2ccc(C(C)C)cc2)c1. The summed E-state index contributed by atoms with van der Waals surface area (Å²) in [7, 11) is 0. The number of thiophene rings is 1. The lowest BCUT2D eigenvalue weighted by Crippen LogP contribution is -2.35. The molecule has 0 unspecified atom stereocenters. The first-order valence-electron chi connectivity index (χ1n) is 10.9. The van der Waals surface area contributed by atoms with Crippen molar-refractivity contribution in [3.05, 3.63) is 98.9 Å². The summed E-state index contributed by atoms with van der Waals surface area (Å²) in [5, 5.41) is 7.68. The summed E-state index contributed by atoms with van der Waals surface area (Å²) in [6, 6.07) is 19.8. The van der Waals surface area contributed by atoms with Crippen molar-refractivity contribution in [2.75, 3.05) is 6.54 Å². The zero-order valence-corrected chi connectivity index (χ0v) is 19.7. The van der Waals surface area contributed by atoms with Gasteiger partial charge in [-0.3, -0.25) is 9.59 Å². The van der Waals surface area contributed by atoms with E-state index in [0.717, 1.165) is 23.3 Å². The van der Waals surface area contributed by atoms with Gasteiger partial charge in [-0.05, 0) is 66.5 Å². The lowest BCUT2D eigenvalue weighted by molar-refractivity contribution is -0.117. The Balaban J connectivity index is 1.59. The minimum atomic E-state index is -0.295. The van der Waals surface area contributed by atoms with E-state index < -0.39 is 0 Å². The quantitative estimate of drug-likeness (QED) is 0.327. The van der Waals surface area contributed by atoms with Crippen LogP contribution in [0, 0.1) is 6.92 Å². The molecule has 4 nitrogen and oxygen atoms in total. The Kier molecular flexibility index (Phi) is 8.40. The second-order valence-corrected chi connectivity index (χ2v) is 9.13. The first-order chi connectivity index (χ1) is 15.4. The summed E-state index contributed by atoms with van der Waals surface area (Å²) >= 11 is 1.51. The lowest BCUT2D eigenvalue weighted by Gasteiger charge is -2.11. The molecular weight excluding hydrogens is 416 g/mol. The van der Waals surface area contributed by atoms with Crippen LogP contribution in [0.5, 0.6) is 0 Å². The largest absolute Gasteiger partial charge is 0.351 e. The molecule has 1 aromatic heterocycles. The van der Waals surface area contributed by atoms with Gasteiger partial charge in [0.25, 0.3) is 11.8 Å². The molecule has 1 heterocycles. The first kappa shape index (κ1) is 23.5. The topological polar surface area (TPSA) is 58.2 Å². The Bertz CT molecular complexity index is 1070. The van der Waals surface area contributed by atoms with Crippen LogP contribution in [-0.4, -0.2) is 18.4 Å². The normalized spacial score (nSPS) is 11.4. The van der Waals surface area contributed by atoms with Crippen molar-refractivity contribution in [1.29, 1.82) is 0 Å². The molecule has 0 saturated heterocycles. The van der Waals surface area contributed by atoms with E-state index in [1.807, 2.05) is 36.6 Å². The number of carbonyl (C=O) groups excluding carboxylic acids is 2. The molecule has 5 heteroatoms. The molecule has 0 saturated carbocycles. The van der Waals surface area contributed by atoms with E-state index >= 15 is 0 Å². The highest BCUT2D eigenvalue weighted by molar-refractivity contribution is 7.10. The molecule has 2 N–H and O–H groups in total. The summed E-state index contributed by atoms with van der Waals surface area (Å²) < 4.78 is 0. The molecular formula is C27H30N2O2S. The van der Waals surface area contributed by atoms with Gasteiger partial charge in [0, 0.05) is 17.0 Å². The number of nitrogens with one attached hydrogen (secondary N) is 2. The molecule has 0 aliphatic rings. The molecule has 166 valence electrons. The van der Waals surface area contributed by atoms with Crippen molar-refractivity contribution in [3.8, 4) is 0 Å². The van der Waals surface area contributed by atoms with Crippen molar-refractivity contribution in [1.82, 2.24) is 10.6 Å². The Morgan fingerprint density at radius 3 is 2.47 bits per heavy atom. The van der Waals surface area contributed by atoms with Crippen molar-refractivity contribution < 1.29 is 9.59 Å². The number of rotatable bonds is 9. The molecule has 0 spiro atoms. The van der Waals surface area contributed by atoms with Crippen LogP contribution in [0.25, 0.3) is 6.08 Å². The van der Waals surface area contributed by atoms with Crippen molar-refractivity contribution in [2.45, 2.75) is 39.5 Å². The van der Waals surface area contributed by atoms with E-state index in [0.29, 0.717) is 18.0 Å². The van der Waals surface area contributed by atoms with Gasteiger partial charge in [-0.25, -0.2) is 0 Å². The van der Waals surface area contributed by atoms with Crippen LogP contribution in [0.1, 0.15) is 58.1 Å². The van der Waals surface area contributed by atoms with E-state index in [9.17, 15) is 9.59 Å². The maximum Gasteiger partial charge on any atom is 0.267 e. The summed E-state index contributed by atoms with van der Waals surface area (Å²) in [5.41, 5.74) is 4.35. The van der Waals surface area contributed by atoms with Gasteiger partial charge in [-0.2, -0.15) is 0 Å². The van der Waals surface area contributed by atoms with E-state index in [1.165, 1.54) is 22.5 Å². The summed E-state index contributed by atoms with van der Waals surface area (Å²) in [4.78, 5) is 26.5. The maximum absolute atomic E-state index is 12.8. The van der Waals surface area contributed by atoms with Crippen LogP contribution in [0.2, 0.25) is 0 Å². The fraction of sp³-hybridized carbons (Fsp3) is 0.259. The average molecular weight is 447 g/mol. The fourth-order valence-electron chi connectivity index (χ4n) is 3.31. The summed E-state index contributed by atoms with van der Waals surface area (Å²) in [5.74, 6) is -0.0571. The van der Waals surface area contributed by atoms with Crippen molar-refractivity contribution in [3.63, 3.8) is 0 Å². The maximum atomic E-state index is 12.8. The van der Waals surface area contributed by atoms with Gasteiger partial charge in [0.2, 0.25) is 0 Å². The molecule has 0 atom stereocenters. The number of hydrogen-bond acceptors (Lipinski definition) is 3. The van der Waals surface area contributed by atoms with Crippen LogP contribution >= 0.6 is 11.3 Å². The van der Waals surface area contributed by atoms with Crippen LogP contribution < -0.4 is 10.6 Å². The van der Waals surface area contributed by atoms with Crippen LogP contribution in [0.15, 0.2) is 71.7 Å². The molecule has 0 aliphatic heterocycles. The smallest absolute Gasteiger partial charge is 0.267 e. The molecule has 0 bridgehead atoms. The first-order valence-corrected chi connectivity index (χ1v) is 11.8. The van der Waals surface area contributed by atoms with Gasteiger partial charge in [-0.15, -0.1) is 11.3 Å². The van der Waals surface area contributed by atoms with Gasteiger partial charge < -0.3 is 10.6 Å². The molecule has 2 amide bonds. The standard InChI is InChI=1S/C27H30N2O2S/c1-19(2)22-13-11-21(12-14-22)8-5-15-28-27(31)25(18-24-10-6-16-32-24)29-26(30)23-9-4-7-20(3)17-23/h4,6-7,9-14,16-19H,5,8,15H2,1-3H3,(H,28,31)(H,29,30)/b25-18-. The fourth-order valence-corrected chi connectivity index (χ4v) is 3.97. The van der Waals surface area contributed by atoms with Gasteiger partial charge >= 0.3 is 0 Å². The lowest BCUT2D eigenvalue weighted by atomic mass is 10.0. The van der Waals surface area contributed by atoms with Gasteiger partial charge in [0.1, 0.15) is 5.70 Å². The Morgan fingerprint density at radius 1 is 1.03 bits per heavy atom. The Morgan fingerprint density at radius 2 is 1.81 bits per heavy atom. The highest BCUT2D eigenvalue weighted by atomic mass is 32.1. The molecule has 3 rings (SSSR count). The second kappa shape index (κ2) is 11.4. The third-order valence-corrected chi connectivity index (χ3v) is 6.00. The highest BCUT2D eigenvalue weighted by Gasteiger charge is 2.15. The Labute approximate surface area is 194 Å². The molecule has 3 aromatic rings. The summed E-state index contributed by atoms with van der Waals surface area (Å²) in [6.45, 7) is 6.84.